The van der Waals surface area contributed by atoms with Gasteiger partial charge in [0.05, 0.1) is 11.3 Å². The van der Waals surface area contributed by atoms with Crippen molar-refractivity contribution in [3.63, 3.8) is 0 Å². The lowest BCUT2D eigenvalue weighted by Crippen LogP contribution is -2.35. The largest absolute Gasteiger partial charge is 0.478 e. The topological polar surface area (TPSA) is 74.7 Å². The highest BCUT2D eigenvalue weighted by molar-refractivity contribution is 7.88. The molecule has 0 radical (unpaired) electrons. The van der Waals surface area contributed by atoms with Crippen molar-refractivity contribution in [3.05, 3.63) is 35.4 Å². The average Bonchev–Trinajstić information content (AvgIpc) is 2.87. The van der Waals surface area contributed by atoms with E-state index in [0.717, 1.165) is 19.3 Å². The molecule has 1 aromatic carbocycles. The van der Waals surface area contributed by atoms with E-state index in [9.17, 15) is 13.2 Å². The lowest BCUT2D eigenvalue weighted by Gasteiger charge is -2.23. The van der Waals surface area contributed by atoms with Crippen molar-refractivity contribution < 1.29 is 18.3 Å². The van der Waals surface area contributed by atoms with Gasteiger partial charge in [-0.3, -0.25) is 0 Å². The number of nitrogens with zero attached hydrogens (tertiary/aromatic N) is 1. The van der Waals surface area contributed by atoms with Gasteiger partial charge >= 0.3 is 5.97 Å². The van der Waals surface area contributed by atoms with Crippen molar-refractivity contribution in [2.75, 3.05) is 6.54 Å². The fourth-order valence-corrected chi connectivity index (χ4v) is 4.55. The van der Waals surface area contributed by atoms with E-state index in [0.29, 0.717) is 12.1 Å². The van der Waals surface area contributed by atoms with Crippen LogP contribution < -0.4 is 0 Å². The molecule has 1 N–H and O–H groups in total. The van der Waals surface area contributed by atoms with E-state index < -0.39 is 16.0 Å². The number of sulfonamides is 1. The lowest BCUT2D eigenvalue weighted by atomic mass is 10.1. The van der Waals surface area contributed by atoms with Crippen LogP contribution in [-0.4, -0.2) is 36.4 Å². The number of rotatable bonds is 5. The van der Waals surface area contributed by atoms with Gasteiger partial charge in [0.15, 0.2) is 0 Å². The molecule has 20 heavy (non-hydrogen) atoms. The SMILES string of the molecule is CCC1CCCN1S(=O)(=O)Cc1cccc(C(=O)O)c1. The minimum atomic E-state index is -3.38. The second kappa shape index (κ2) is 5.93. The number of carboxylic acids is 1. The Hall–Kier alpha value is -1.40. The quantitative estimate of drug-likeness (QED) is 0.903. The van der Waals surface area contributed by atoms with Crippen LogP contribution in [0.3, 0.4) is 0 Å². The van der Waals surface area contributed by atoms with Gasteiger partial charge in [-0.05, 0) is 37.0 Å². The molecule has 110 valence electrons. The molecule has 1 fully saturated rings. The molecule has 1 saturated heterocycles. The summed E-state index contributed by atoms with van der Waals surface area (Å²) in [7, 11) is -3.38. The summed E-state index contributed by atoms with van der Waals surface area (Å²) >= 11 is 0. The zero-order valence-corrected chi connectivity index (χ0v) is 12.3. The van der Waals surface area contributed by atoms with Gasteiger partial charge in [0.2, 0.25) is 10.0 Å². The molecule has 5 nitrogen and oxygen atoms in total. The summed E-state index contributed by atoms with van der Waals surface area (Å²) in [6.45, 7) is 2.56. The molecule has 1 aliphatic heterocycles. The van der Waals surface area contributed by atoms with Crippen LogP contribution >= 0.6 is 0 Å². The highest BCUT2D eigenvalue weighted by atomic mass is 32.2. The molecule has 0 spiro atoms. The monoisotopic (exact) mass is 297 g/mol. The molecule has 1 atom stereocenters. The summed E-state index contributed by atoms with van der Waals surface area (Å²) in [6, 6.07) is 6.21. The van der Waals surface area contributed by atoms with Gasteiger partial charge in [0.25, 0.3) is 0 Å². The van der Waals surface area contributed by atoms with Crippen LogP contribution in [0.5, 0.6) is 0 Å². The molecule has 0 aliphatic carbocycles. The van der Waals surface area contributed by atoms with E-state index in [1.807, 2.05) is 6.92 Å². The smallest absolute Gasteiger partial charge is 0.335 e. The third kappa shape index (κ3) is 3.19. The number of carboxylic acid groups (broad SMARTS) is 1. The molecule has 1 unspecified atom stereocenters. The van der Waals surface area contributed by atoms with Crippen molar-refractivity contribution in [2.45, 2.75) is 38.0 Å². The number of carbonyl (C=O) groups is 1. The first kappa shape index (κ1) is 15.0. The molecule has 1 aromatic rings. The number of benzene rings is 1. The lowest BCUT2D eigenvalue weighted by molar-refractivity contribution is 0.0696. The van der Waals surface area contributed by atoms with Gasteiger partial charge in [-0.15, -0.1) is 0 Å². The Labute approximate surface area is 119 Å². The van der Waals surface area contributed by atoms with Crippen LogP contribution in [0.2, 0.25) is 0 Å². The summed E-state index contributed by atoms with van der Waals surface area (Å²) in [5.41, 5.74) is 0.637. The maximum absolute atomic E-state index is 12.4. The fourth-order valence-electron chi connectivity index (χ4n) is 2.67. The summed E-state index contributed by atoms with van der Waals surface area (Å²) in [6.07, 6.45) is 2.62. The maximum atomic E-state index is 12.4. The Morgan fingerprint density at radius 1 is 1.45 bits per heavy atom. The van der Waals surface area contributed by atoms with Crippen LogP contribution in [0, 0.1) is 0 Å². The molecule has 0 saturated carbocycles. The summed E-state index contributed by atoms with van der Waals surface area (Å²) in [4.78, 5) is 10.9. The minimum absolute atomic E-state index is 0.0858. The van der Waals surface area contributed by atoms with Gasteiger partial charge in [0, 0.05) is 12.6 Å². The Morgan fingerprint density at radius 3 is 2.85 bits per heavy atom. The van der Waals surface area contributed by atoms with Gasteiger partial charge in [-0.25, -0.2) is 13.2 Å². The van der Waals surface area contributed by atoms with Gasteiger partial charge in [-0.2, -0.15) is 4.31 Å². The predicted octanol–water partition coefficient (Wildman–Crippen LogP) is 2.09. The molecule has 1 aliphatic rings. The maximum Gasteiger partial charge on any atom is 0.335 e. The molecular weight excluding hydrogens is 278 g/mol. The number of aromatic carboxylic acids is 1. The zero-order chi connectivity index (χ0) is 14.8. The van der Waals surface area contributed by atoms with E-state index in [-0.39, 0.29) is 17.4 Å². The van der Waals surface area contributed by atoms with Crippen LogP contribution in [0.4, 0.5) is 0 Å². The second-order valence-corrected chi connectivity index (χ2v) is 7.00. The molecule has 0 amide bonds. The van der Waals surface area contributed by atoms with E-state index in [2.05, 4.69) is 0 Å². The average molecular weight is 297 g/mol. The van der Waals surface area contributed by atoms with Gasteiger partial charge in [-0.1, -0.05) is 19.1 Å². The Kier molecular flexibility index (Phi) is 4.45. The van der Waals surface area contributed by atoms with E-state index in [1.165, 1.54) is 12.1 Å². The first-order chi connectivity index (χ1) is 9.44. The van der Waals surface area contributed by atoms with Gasteiger partial charge in [0.1, 0.15) is 0 Å². The van der Waals surface area contributed by atoms with E-state index in [4.69, 9.17) is 5.11 Å². The first-order valence-corrected chi connectivity index (χ1v) is 8.36. The Bertz CT molecular complexity index is 597. The normalized spacial score (nSPS) is 20.1. The molecule has 0 bridgehead atoms. The minimum Gasteiger partial charge on any atom is -0.478 e. The highest BCUT2D eigenvalue weighted by Gasteiger charge is 2.32. The molecular formula is C14H19NO4S. The van der Waals surface area contributed by atoms with Crippen LogP contribution in [-0.2, 0) is 15.8 Å². The van der Waals surface area contributed by atoms with Crippen molar-refractivity contribution in [1.29, 1.82) is 0 Å². The van der Waals surface area contributed by atoms with E-state index >= 15 is 0 Å². The molecule has 6 heteroatoms. The molecule has 0 aromatic heterocycles. The fraction of sp³-hybridized carbons (Fsp3) is 0.500. The zero-order valence-electron chi connectivity index (χ0n) is 11.4. The van der Waals surface area contributed by atoms with Crippen LogP contribution in [0.1, 0.15) is 42.1 Å². The van der Waals surface area contributed by atoms with Crippen molar-refractivity contribution in [2.24, 2.45) is 0 Å². The number of hydrogen-bond donors (Lipinski definition) is 1. The standard InChI is InChI=1S/C14H19NO4S/c1-2-13-7-4-8-15(13)20(18,19)10-11-5-3-6-12(9-11)14(16)17/h3,5-6,9,13H,2,4,7-8,10H2,1H3,(H,16,17). The van der Waals surface area contributed by atoms with Crippen molar-refractivity contribution in [1.82, 2.24) is 4.31 Å². The summed E-state index contributed by atoms with van der Waals surface area (Å²) in [5, 5.41) is 8.94. The molecule has 2 rings (SSSR count). The van der Waals surface area contributed by atoms with Crippen molar-refractivity contribution >= 4 is 16.0 Å². The van der Waals surface area contributed by atoms with Crippen LogP contribution in [0.25, 0.3) is 0 Å². The highest BCUT2D eigenvalue weighted by Crippen LogP contribution is 2.25. The molecule has 1 heterocycles. The second-order valence-electron chi connectivity index (χ2n) is 5.08. The Balaban J connectivity index is 2.20. The van der Waals surface area contributed by atoms with E-state index in [1.54, 1.807) is 16.4 Å². The third-order valence-corrected chi connectivity index (χ3v) is 5.57. The van der Waals surface area contributed by atoms with Gasteiger partial charge < -0.3 is 5.11 Å². The van der Waals surface area contributed by atoms with Crippen LogP contribution in [0.15, 0.2) is 24.3 Å². The van der Waals surface area contributed by atoms with Crippen molar-refractivity contribution in [3.8, 4) is 0 Å². The number of hydrogen-bond acceptors (Lipinski definition) is 3. The Morgan fingerprint density at radius 2 is 2.20 bits per heavy atom. The third-order valence-electron chi connectivity index (χ3n) is 3.67. The summed E-state index contributed by atoms with van der Waals surface area (Å²) < 4.78 is 26.4. The summed E-state index contributed by atoms with van der Waals surface area (Å²) in [5.74, 6) is -1.18. The first-order valence-electron chi connectivity index (χ1n) is 6.76. The predicted molar refractivity (Wildman–Crippen MR) is 76.0 cm³/mol.